The Labute approximate surface area is 133 Å². The standard InChI is InChI=1S/C17H27N3O2/c1-5-13-7-6-9-18-15(13)11-19-14-8-10-20(12-14)16(21)22-17(2,3)4/h6-7,9,14,19H,5,8,10-12H2,1-4H3. The van der Waals surface area contributed by atoms with Crippen LogP contribution in [0.5, 0.6) is 0 Å². The molecule has 122 valence electrons. The second-order valence-electron chi connectivity index (χ2n) is 6.76. The molecule has 1 amide bonds. The number of ether oxygens (including phenoxy) is 1. The molecule has 1 unspecified atom stereocenters. The van der Waals surface area contributed by atoms with Crippen molar-refractivity contribution in [2.45, 2.75) is 58.7 Å². The molecule has 1 aromatic rings. The minimum Gasteiger partial charge on any atom is -0.444 e. The highest BCUT2D eigenvalue weighted by Gasteiger charge is 2.29. The number of amides is 1. The largest absolute Gasteiger partial charge is 0.444 e. The Morgan fingerprint density at radius 2 is 2.27 bits per heavy atom. The Morgan fingerprint density at radius 3 is 2.95 bits per heavy atom. The Morgan fingerprint density at radius 1 is 1.50 bits per heavy atom. The molecule has 1 N–H and O–H groups in total. The Bertz CT molecular complexity index is 511. The van der Waals surface area contributed by atoms with E-state index < -0.39 is 5.60 Å². The summed E-state index contributed by atoms with van der Waals surface area (Å²) in [5.74, 6) is 0. The van der Waals surface area contributed by atoms with Gasteiger partial charge in [-0.15, -0.1) is 0 Å². The molecular weight excluding hydrogens is 278 g/mol. The van der Waals surface area contributed by atoms with Crippen LogP contribution in [0.15, 0.2) is 18.3 Å². The van der Waals surface area contributed by atoms with Crippen LogP contribution in [-0.2, 0) is 17.7 Å². The molecule has 1 aromatic heterocycles. The molecule has 0 saturated carbocycles. The van der Waals surface area contributed by atoms with Crippen LogP contribution in [0, 0.1) is 0 Å². The van der Waals surface area contributed by atoms with Crippen LogP contribution in [0.25, 0.3) is 0 Å². The number of aryl methyl sites for hydroxylation is 1. The number of nitrogens with one attached hydrogen (secondary N) is 1. The first-order valence-electron chi connectivity index (χ1n) is 8.03. The van der Waals surface area contributed by atoms with Gasteiger partial charge in [-0.25, -0.2) is 4.79 Å². The van der Waals surface area contributed by atoms with Crippen LogP contribution in [0.2, 0.25) is 0 Å². The van der Waals surface area contributed by atoms with Crippen molar-refractivity contribution < 1.29 is 9.53 Å². The summed E-state index contributed by atoms with van der Waals surface area (Å²) in [7, 11) is 0. The van der Waals surface area contributed by atoms with Gasteiger partial charge < -0.3 is 15.0 Å². The summed E-state index contributed by atoms with van der Waals surface area (Å²) >= 11 is 0. The summed E-state index contributed by atoms with van der Waals surface area (Å²) in [4.78, 5) is 18.3. The van der Waals surface area contributed by atoms with Crippen LogP contribution in [-0.4, -0.2) is 40.7 Å². The van der Waals surface area contributed by atoms with Crippen molar-refractivity contribution in [1.29, 1.82) is 0 Å². The van der Waals surface area contributed by atoms with E-state index in [4.69, 9.17) is 4.74 Å². The van der Waals surface area contributed by atoms with E-state index in [-0.39, 0.29) is 6.09 Å². The predicted molar refractivity (Wildman–Crippen MR) is 86.7 cm³/mol. The Balaban J connectivity index is 1.83. The van der Waals surface area contributed by atoms with E-state index in [2.05, 4.69) is 23.3 Å². The molecule has 1 saturated heterocycles. The number of pyridine rings is 1. The summed E-state index contributed by atoms with van der Waals surface area (Å²) in [6.07, 6.45) is 3.55. The van der Waals surface area contributed by atoms with Gasteiger partial charge in [0.05, 0.1) is 5.69 Å². The Hall–Kier alpha value is -1.62. The first-order valence-corrected chi connectivity index (χ1v) is 8.03. The van der Waals surface area contributed by atoms with Crippen LogP contribution in [0.1, 0.15) is 45.4 Å². The van der Waals surface area contributed by atoms with Gasteiger partial charge >= 0.3 is 6.09 Å². The highest BCUT2D eigenvalue weighted by Crippen LogP contribution is 2.16. The maximum Gasteiger partial charge on any atom is 0.410 e. The lowest BCUT2D eigenvalue weighted by Crippen LogP contribution is -2.38. The molecule has 1 aliphatic rings. The van der Waals surface area contributed by atoms with Crippen LogP contribution >= 0.6 is 0 Å². The fraction of sp³-hybridized carbons (Fsp3) is 0.647. The minimum absolute atomic E-state index is 0.219. The van der Waals surface area contributed by atoms with Crippen molar-refractivity contribution in [3.05, 3.63) is 29.6 Å². The second kappa shape index (κ2) is 7.09. The van der Waals surface area contributed by atoms with Crippen LogP contribution in [0.3, 0.4) is 0 Å². The molecule has 0 aromatic carbocycles. The molecule has 2 heterocycles. The van der Waals surface area contributed by atoms with Gasteiger partial charge in [0.1, 0.15) is 5.60 Å². The minimum atomic E-state index is -0.438. The molecule has 5 nitrogen and oxygen atoms in total. The van der Waals surface area contributed by atoms with E-state index in [0.29, 0.717) is 12.6 Å². The van der Waals surface area contributed by atoms with Gasteiger partial charge in [-0.3, -0.25) is 4.98 Å². The third kappa shape index (κ3) is 4.70. The number of likely N-dealkylation sites (tertiary alicyclic amines) is 1. The summed E-state index contributed by atoms with van der Waals surface area (Å²) < 4.78 is 5.42. The van der Waals surface area contributed by atoms with Crippen molar-refractivity contribution in [1.82, 2.24) is 15.2 Å². The van der Waals surface area contributed by atoms with Gasteiger partial charge in [-0.2, -0.15) is 0 Å². The maximum atomic E-state index is 12.0. The Kier molecular flexibility index (Phi) is 5.40. The normalized spacial score (nSPS) is 18.5. The molecule has 1 fully saturated rings. The number of aromatic nitrogens is 1. The van der Waals surface area contributed by atoms with Gasteiger partial charge in [0.15, 0.2) is 0 Å². The summed E-state index contributed by atoms with van der Waals surface area (Å²) in [6, 6.07) is 4.40. The lowest BCUT2D eigenvalue weighted by atomic mass is 10.1. The number of hydrogen-bond acceptors (Lipinski definition) is 4. The summed E-state index contributed by atoms with van der Waals surface area (Å²) in [6.45, 7) is 10.0. The number of carbonyl (C=O) groups excluding carboxylic acids is 1. The average molecular weight is 305 g/mol. The third-order valence-corrected chi connectivity index (χ3v) is 3.76. The predicted octanol–water partition coefficient (Wildman–Crippen LogP) is 2.74. The molecule has 22 heavy (non-hydrogen) atoms. The number of carbonyl (C=O) groups is 1. The van der Waals surface area contributed by atoms with Crippen molar-refractivity contribution in [3.8, 4) is 0 Å². The van der Waals surface area contributed by atoms with Crippen LogP contribution in [0.4, 0.5) is 4.79 Å². The molecule has 0 bridgehead atoms. The van der Waals surface area contributed by atoms with Crippen molar-refractivity contribution in [2.24, 2.45) is 0 Å². The van der Waals surface area contributed by atoms with Crippen molar-refractivity contribution >= 4 is 6.09 Å². The van der Waals surface area contributed by atoms with Gasteiger partial charge in [0.2, 0.25) is 0 Å². The van der Waals surface area contributed by atoms with Gasteiger partial charge in [-0.05, 0) is 45.2 Å². The highest BCUT2D eigenvalue weighted by molar-refractivity contribution is 5.68. The number of hydrogen-bond donors (Lipinski definition) is 1. The fourth-order valence-corrected chi connectivity index (χ4v) is 2.61. The maximum absolute atomic E-state index is 12.0. The van der Waals surface area contributed by atoms with Crippen molar-refractivity contribution in [3.63, 3.8) is 0 Å². The summed E-state index contributed by atoms with van der Waals surface area (Å²) in [5.41, 5.74) is 1.93. The molecule has 2 rings (SSSR count). The highest BCUT2D eigenvalue weighted by atomic mass is 16.6. The quantitative estimate of drug-likeness (QED) is 0.929. The lowest BCUT2D eigenvalue weighted by Gasteiger charge is -2.24. The zero-order chi connectivity index (χ0) is 16.2. The van der Waals surface area contributed by atoms with E-state index in [1.165, 1.54) is 5.56 Å². The molecular formula is C17H27N3O2. The lowest BCUT2D eigenvalue weighted by molar-refractivity contribution is 0.0291. The molecule has 1 aliphatic heterocycles. The molecule has 0 spiro atoms. The van der Waals surface area contributed by atoms with E-state index in [1.54, 1.807) is 4.90 Å². The zero-order valence-corrected chi connectivity index (χ0v) is 14.1. The van der Waals surface area contributed by atoms with Gasteiger partial charge in [-0.1, -0.05) is 13.0 Å². The molecule has 0 aliphatic carbocycles. The topological polar surface area (TPSA) is 54.5 Å². The van der Waals surface area contributed by atoms with E-state index >= 15 is 0 Å². The van der Waals surface area contributed by atoms with Gasteiger partial charge in [0.25, 0.3) is 0 Å². The first kappa shape index (κ1) is 16.7. The third-order valence-electron chi connectivity index (χ3n) is 3.76. The molecule has 1 atom stereocenters. The SMILES string of the molecule is CCc1cccnc1CNC1CCN(C(=O)OC(C)(C)C)C1. The van der Waals surface area contributed by atoms with Gasteiger partial charge in [0, 0.05) is 31.9 Å². The average Bonchev–Trinajstić information content (AvgIpc) is 2.92. The monoisotopic (exact) mass is 305 g/mol. The van der Waals surface area contributed by atoms with E-state index in [0.717, 1.165) is 31.6 Å². The summed E-state index contributed by atoms with van der Waals surface area (Å²) in [5, 5.41) is 3.51. The molecule has 0 radical (unpaired) electrons. The fourth-order valence-electron chi connectivity index (χ4n) is 2.61. The smallest absolute Gasteiger partial charge is 0.410 e. The van der Waals surface area contributed by atoms with E-state index in [1.807, 2.05) is 33.0 Å². The number of nitrogens with zero attached hydrogens (tertiary/aromatic N) is 2. The van der Waals surface area contributed by atoms with Crippen LogP contribution < -0.4 is 5.32 Å². The number of rotatable bonds is 4. The second-order valence-corrected chi connectivity index (χ2v) is 6.76. The van der Waals surface area contributed by atoms with Crippen molar-refractivity contribution in [2.75, 3.05) is 13.1 Å². The van der Waals surface area contributed by atoms with E-state index in [9.17, 15) is 4.79 Å². The first-order chi connectivity index (χ1) is 10.4. The zero-order valence-electron chi connectivity index (χ0n) is 14.1. The molecule has 5 heteroatoms.